The third kappa shape index (κ3) is 3.25. The van der Waals surface area contributed by atoms with Crippen LogP contribution in [-0.4, -0.2) is 23.1 Å². The summed E-state index contributed by atoms with van der Waals surface area (Å²) in [7, 11) is 1.19. The minimum Gasteiger partial charge on any atom is -0.469 e. The minimum absolute atomic E-state index is 0.125. The number of nitrogens with zero attached hydrogens (tertiary/aromatic N) is 1. The standard InChI is InChI=1S/C11H13NO5/c1-7-3-4-9(12(15)16)8(5-7)10(13)6-11(14)17-2/h3-5,10,13H,6H2,1-2H3. The number of nitro benzene ring substituents is 1. The number of aryl methyl sites for hydroxylation is 1. The molecule has 0 fully saturated rings. The second-order valence-corrected chi connectivity index (χ2v) is 3.62. The molecule has 0 amide bonds. The van der Waals surface area contributed by atoms with Crippen LogP contribution < -0.4 is 0 Å². The first-order valence-corrected chi connectivity index (χ1v) is 4.95. The monoisotopic (exact) mass is 239 g/mol. The zero-order valence-corrected chi connectivity index (χ0v) is 9.54. The quantitative estimate of drug-likeness (QED) is 0.488. The first-order chi connectivity index (χ1) is 7.95. The van der Waals surface area contributed by atoms with Crippen LogP contribution in [-0.2, 0) is 9.53 Å². The van der Waals surface area contributed by atoms with Crippen molar-refractivity contribution in [3.05, 3.63) is 39.4 Å². The molecule has 6 heteroatoms. The third-order valence-electron chi connectivity index (χ3n) is 2.33. The summed E-state index contributed by atoms with van der Waals surface area (Å²) in [6.07, 6.45) is -1.54. The van der Waals surface area contributed by atoms with Crippen LogP contribution >= 0.6 is 0 Å². The summed E-state index contributed by atoms with van der Waals surface area (Å²) >= 11 is 0. The Balaban J connectivity index is 3.06. The first-order valence-electron chi connectivity index (χ1n) is 4.95. The van der Waals surface area contributed by atoms with Crippen molar-refractivity contribution in [2.75, 3.05) is 7.11 Å². The maximum absolute atomic E-state index is 11.0. The molecule has 0 aliphatic rings. The number of ether oxygens (including phenoxy) is 1. The Kier molecular flexibility index (Phi) is 4.17. The topological polar surface area (TPSA) is 89.7 Å². The van der Waals surface area contributed by atoms with E-state index in [1.165, 1.54) is 19.2 Å². The highest BCUT2D eigenvalue weighted by atomic mass is 16.6. The predicted molar refractivity (Wildman–Crippen MR) is 59.4 cm³/mol. The number of hydrogen-bond acceptors (Lipinski definition) is 5. The summed E-state index contributed by atoms with van der Waals surface area (Å²) in [5.41, 5.74) is 0.696. The zero-order chi connectivity index (χ0) is 13.0. The maximum atomic E-state index is 11.0. The Hall–Kier alpha value is -1.95. The van der Waals surface area contributed by atoms with Gasteiger partial charge in [-0.3, -0.25) is 14.9 Å². The Labute approximate surface area is 98.0 Å². The highest BCUT2D eigenvalue weighted by Crippen LogP contribution is 2.28. The molecule has 0 saturated heterocycles. The zero-order valence-electron chi connectivity index (χ0n) is 9.54. The van der Waals surface area contributed by atoms with Crippen LogP contribution in [0.5, 0.6) is 0 Å². The van der Waals surface area contributed by atoms with Crippen molar-refractivity contribution in [1.29, 1.82) is 0 Å². The Morgan fingerprint density at radius 2 is 2.24 bits per heavy atom. The lowest BCUT2D eigenvalue weighted by molar-refractivity contribution is -0.386. The van der Waals surface area contributed by atoms with Crippen molar-refractivity contribution in [2.45, 2.75) is 19.4 Å². The van der Waals surface area contributed by atoms with E-state index in [2.05, 4.69) is 4.74 Å². The normalized spacial score (nSPS) is 11.9. The molecule has 1 aromatic carbocycles. The van der Waals surface area contributed by atoms with Gasteiger partial charge in [0.2, 0.25) is 0 Å². The highest BCUT2D eigenvalue weighted by molar-refractivity contribution is 5.70. The Morgan fingerprint density at radius 1 is 1.59 bits per heavy atom. The Bertz CT molecular complexity index is 443. The molecule has 6 nitrogen and oxygen atoms in total. The van der Waals surface area contributed by atoms with Gasteiger partial charge >= 0.3 is 5.97 Å². The van der Waals surface area contributed by atoms with Gasteiger partial charge in [-0.2, -0.15) is 0 Å². The van der Waals surface area contributed by atoms with Gasteiger partial charge in [-0.1, -0.05) is 11.6 Å². The van der Waals surface area contributed by atoms with Gasteiger partial charge in [0, 0.05) is 6.07 Å². The SMILES string of the molecule is COC(=O)CC(O)c1cc(C)ccc1[N+](=O)[O-]. The fraction of sp³-hybridized carbons (Fsp3) is 0.364. The number of aliphatic hydroxyl groups excluding tert-OH is 1. The lowest BCUT2D eigenvalue weighted by Crippen LogP contribution is -2.10. The molecule has 0 radical (unpaired) electrons. The summed E-state index contributed by atoms with van der Waals surface area (Å²) < 4.78 is 4.40. The number of carbonyl (C=O) groups excluding carboxylic acids is 1. The second-order valence-electron chi connectivity index (χ2n) is 3.62. The fourth-order valence-corrected chi connectivity index (χ4v) is 1.46. The van der Waals surface area contributed by atoms with Gasteiger partial charge in [0.1, 0.15) is 0 Å². The number of esters is 1. The molecule has 1 atom stereocenters. The molecule has 1 aromatic rings. The number of methoxy groups -OCH3 is 1. The van der Waals surface area contributed by atoms with E-state index in [0.717, 1.165) is 5.56 Å². The minimum atomic E-state index is -1.23. The molecule has 0 aromatic heterocycles. The number of carbonyl (C=O) groups is 1. The van der Waals surface area contributed by atoms with Gasteiger partial charge in [-0.05, 0) is 13.0 Å². The summed E-state index contributed by atoms with van der Waals surface area (Å²) in [6.45, 7) is 1.75. The number of aliphatic hydroxyl groups is 1. The molecule has 0 spiro atoms. The van der Waals surface area contributed by atoms with Crippen molar-refractivity contribution >= 4 is 11.7 Å². The van der Waals surface area contributed by atoms with Gasteiger partial charge in [0.05, 0.1) is 30.1 Å². The van der Waals surface area contributed by atoms with Crippen LogP contribution in [0.4, 0.5) is 5.69 Å². The van der Waals surface area contributed by atoms with Gasteiger partial charge in [0.25, 0.3) is 5.69 Å². The van der Waals surface area contributed by atoms with Gasteiger partial charge in [0.15, 0.2) is 0 Å². The molecule has 17 heavy (non-hydrogen) atoms. The van der Waals surface area contributed by atoms with Crippen molar-refractivity contribution in [1.82, 2.24) is 0 Å². The van der Waals surface area contributed by atoms with E-state index in [1.54, 1.807) is 13.0 Å². The van der Waals surface area contributed by atoms with Crippen molar-refractivity contribution < 1.29 is 19.6 Å². The number of rotatable bonds is 4. The third-order valence-corrected chi connectivity index (χ3v) is 2.33. The van der Waals surface area contributed by atoms with Crippen molar-refractivity contribution in [3.63, 3.8) is 0 Å². The molecule has 1 rings (SSSR count). The average Bonchev–Trinajstić information content (AvgIpc) is 2.28. The molecule has 0 heterocycles. The van der Waals surface area contributed by atoms with Gasteiger partial charge in [-0.25, -0.2) is 0 Å². The second kappa shape index (κ2) is 5.40. The van der Waals surface area contributed by atoms with Crippen LogP contribution in [0.25, 0.3) is 0 Å². The smallest absolute Gasteiger partial charge is 0.308 e. The molecule has 1 N–H and O–H groups in total. The lowest BCUT2D eigenvalue weighted by atomic mass is 10.0. The largest absolute Gasteiger partial charge is 0.469 e. The van der Waals surface area contributed by atoms with Crippen LogP contribution in [0.2, 0.25) is 0 Å². The number of benzene rings is 1. The summed E-state index contributed by atoms with van der Waals surface area (Å²) in [5, 5.41) is 20.5. The van der Waals surface area contributed by atoms with Crippen LogP contribution in [0.15, 0.2) is 18.2 Å². The molecule has 1 unspecified atom stereocenters. The highest BCUT2D eigenvalue weighted by Gasteiger charge is 2.22. The molecule has 92 valence electrons. The summed E-state index contributed by atoms with van der Waals surface area (Å²) in [5.74, 6) is -0.617. The average molecular weight is 239 g/mol. The predicted octanol–water partition coefficient (Wildman–Crippen LogP) is 1.50. The van der Waals surface area contributed by atoms with E-state index in [0.29, 0.717) is 0 Å². The van der Waals surface area contributed by atoms with E-state index in [4.69, 9.17) is 0 Å². The lowest BCUT2D eigenvalue weighted by Gasteiger charge is -2.10. The van der Waals surface area contributed by atoms with Crippen LogP contribution in [0.1, 0.15) is 23.7 Å². The maximum Gasteiger partial charge on any atom is 0.308 e. The van der Waals surface area contributed by atoms with E-state index >= 15 is 0 Å². The summed E-state index contributed by atoms with van der Waals surface area (Å²) in [6, 6.07) is 4.38. The number of nitro groups is 1. The van der Waals surface area contributed by atoms with Gasteiger partial charge < -0.3 is 9.84 Å². The Morgan fingerprint density at radius 3 is 2.76 bits per heavy atom. The van der Waals surface area contributed by atoms with E-state index < -0.39 is 17.0 Å². The molecular formula is C11H13NO5. The fourth-order valence-electron chi connectivity index (χ4n) is 1.46. The molecular weight excluding hydrogens is 226 g/mol. The summed E-state index contributed by atoms with van der Waals surface area (Å²) in [4.78, 5) is 21.2. The number of hydrogen-bond donors (Lipinski definition) is 1. The van der Waals surface area contributed by atoms with Crippen LogP contribution in [0.3, 0.4) is 0 Å². The first kappa shape index (κ1) is 13.1. The molecule has 0 saturated carbocycles. The molecule has 0 bridgehead atoms. The molecule has 0 aliphatic heterocycles. The van der Waals surface area contributed by atoms with E-state index in [-0.39, 0.29) is 17.7 Å². The van der Waals surface area contributed by atoms with Crippen LogP contribution in [0, 0.1) is 17.0 Å². The van der Waals surface area contributed by atoms with Crippen molar-refractivity contribution in [3.8, 4) is 0 Å². The van der Waals surface area contributed by atoms with E-state index in [9.17, 15) is 20.0 Å². The van der Waals surface area contributed by atoms with E-state index in [1.807, 2.05) is 0 Å². The van der Waals surface area contributed by atoms with Crippen molar-refractivity contribution in [2.24, 2.45) is 0 Å². The van der Waals surface area contributed by atoms with Gasteiger partial charge in [-0.15, -0.1) is 0 Å². The molecule has 0 aliphatic carbocycles.